The molecule has 0 radical (unpaired) electrons. The van der Waals surface area contributed by atoms with Crippen molar-refractivity contribution < 1.29 is 5.21 Å². The first-order valence-electron chi connectivity index (χ1n) is 6.57. The van der Waals surface area contributed by atoms with Gasteiger partial charge in [0.05, 0.1) is 0 Å². The van der Waals surface area contributed by atoms with E-state index in [1.165, 1.54) is 19.4 Å². The van der Waals surface area contributed by atoms with Crippen molar-refractivity contribution in [2.24, 2.45) is 16.8 Å². The molecule has 2 aliphatic rings. The number of hydrogen-bond donors (Lipinski definition) is 2. The molecule has 0 aromatic rings. The molecule has 17 heavy (non-hydrogen) atoms. The maximum atomic E-state index is 8.69. The van der Waals surface area contributed by atoms with Crippen LogP contribution in [-0.2, 0) is 0 Å². The molecule has 3 atom stereocenters. The Morgan fingerprint density at radius 2 is 2.29 bits per heavy atom. The Labute approximate surface area is 103 Å². The quantitative estimate of drug-likeness (QED) is 0.327. The second-order valence-corrected chi connectivity index (χ2v) is 5.52. The molecule has 2 heterocycles. The fraction of sp³-hybridized carbons (Fsp3) is 0.917. The first-order valence-corrected chi connectivity index (χ1v) is 6.57. The number of fused-ring (bicyclic) bond motifs is 1. The van der Waals surface area contributed by atoms with Gasteiger partial charge >= 0.3 is 0 Å². The molecule has 2 fully saturated rings. The maximum Gasteiger partial charge on any atom is 0.143 e. The number of rotatable bonds is 3. The summed E-state index contributed by atoms with van der Waals surface area (Å²) in [6.45, 7) is 8.73. The standard InChI is InChI=1S/C12H24N4O/c1-9(12(13)14-17)6-16-8-11-4-3-5-15(11)7-10(16)2/h9-11,17H,3-8H2,1-2H3,(H2,13,14). The number of piperazine rings is 1. The van der Waals surface area contributed by atoms with Crippen LogP contribution in [0.3, 0.4) is 0 Å². The van der Waals surface area contributed by atoms with E-state index in [4.69, 9.17) is 10.9 Å². The van der Waals surface area contributed by atoms with Crippen molar-refractivity contribution in [1.82, 2.24) is 9.80 Å². The van der Waals surface area contributed by atoms with Crippen LogP contribution in [0.4, 0.5) is 0 Å². The van der Waals surface area contributed by atoms with Crippen molar-refractivity contribution in [3.8, 4) is 0 Å². The van der Waals surface area contributed by atoms with Crippen molar-refractivity contribution >= 4 is 5.84 Å². The summed E-state index contributed by atoms with van der Waals surface area (Å²) in [6.07, 6.45) is 2.65. The maximum absolute atomic E-state index is 8.69. The third kappa shape index (κ3) is 2.72. The van der Waals surface area contributed by atoms with Gasteiger partial charge in [0, 0.05) is 37.6 Å². The van der Waals surface area contributed by atoms with Crippen molar-refractivity contribution in [3.05, 3.63) is 0 Å². The summed E-state index contributed by atoms with van der Waals surface area (Å²) < 4.78 is 0. The Bertz CT molecular complexity index is 294. The minimum Gasteiger partial charge on any atom is -0.409 e. The topological polar surface area (TPSA) is 65.1 Å². The van der Waals surface area contributed by atoms with Crippen LogP contribution in [0.2, 0.25) is 0 Å². The molecular formula is C12H24N4O. The zero-order valence-corrected chi connectivity index (χ0v) is 10.8. The van der Waals surface area contributed by atoms with E-state index >= 15 is 0 Å². The van der Waals surface area contributed by atoms with Gasteiger partial charge in [0.1, 0.15) is 5.84 Å². The molecule has 5 nitrogen and oxygen atoms in total. The molecule has 5 heteroatoms. The molecule has 2 saturated heterocycles. The van der Waals surface area contributed by atoms with E-state index in [0.717, 1.165) is 25.7 Å². The van der Waals surface area contributed by atoms with Crippen LogP contribution in [0.5, 0.6) is 0 Å². The van der Waals surface area contributed by atoms with E-state index in [1.54, 1.807) is 0 Å². The third-order valence-electron chi connectivity index (χ3n) is 4.20. The summed E-state index contributed by atoms with van der Waals surface area (Å²) in [5, 5.41) is 11.8. The lowest BCUT2D eigenvalue weighted by molar-refractivity contribution is 0.0549. The number of nitrogens with zero attached hydrogens (tertiary/aromatic N) is 3. The first kappa shape index (κ1) is 12.6. The second kappa shape index (κ2) is 5.23. The highest BCUT2D eigenvalue weighted by molar-refractivity contribution is 5.82. The largest absolute Gasteiger partial charge is 0.409 e. The zero-order chi connectivity index (χ0) is 12.4. The Balaban J connectivity index is 1.92. The molecule has 0 aromatic heterocycles. The van der Waals surface area contributed by atoms with Gasteiger partial charge in [0.15, 0.2) is 0 Å². The summed E-state index contributed by atoms with van der Waals surface area (Å²) in [4.78, 5) is 5.09. The number of amidine groups is 1. The molecule has 0 spiro atoms. The smallest absolute Gasteiger partial charge is 0.143 e. The lowest BCUT2D eigenvalue weighted by Crippen LogP contribution is -2.56. The molecule has 2 aliphatic heterocycles. The molecule has 3 N–H and O–H groups in total. The van der Waals surface area contributed by atoms with Crippen LogP contribution >= 0.6 is 0 Å². The summed E-state index contributed by atoms with van der Waals surface area (Å²) in [7, 11) is 0. The molecule has 98 valence electrons. The van der Waals surface area contributed by atoms with Crippen molar-refractivity contribution in [1.29, 1.82) is 0 Å². The zero-order valence-electron chi connectivity index (χ0n) is 10.8. The Morgan fingerprint density at radius 1 is 1.53 bits per heavy atom. The second-order valence-electron chi connectivity index (χ2n) is 5.52. The predicted molar refractivity (Wildman–Crippen MR) is 68.2 cm³/mol. The van der Waals surface area contributed by atoms with Gasteiger partial charge < -0.3 is 10.9 Å². The Kier molecular flexibility index (Phi) is 3.89. The fourth-order valence-corrected chi connectivity index (χ4v) is 3.05. The molecule has 0 aromatic carbocycles. The van der Waals surface area contributed by atoms with Gasteiger partial charge in [0.25, 0.3) is 0 Å². The van der Waals surface area contributed by atoms with Crippen LogP contribution in [0.1, 0.15) is 26.7 Å². The van der Waals surface area contributed by atoms with Crippen LogP contribution in [0, 0.1) is 5.92 Å². The van der Waals surface area contributed by atoms with E-state index < -0.39 is 0 Å². The summed E-state index contributed by atoms with van der Waals surface area (Å²) in [6, 6.07) is 1.30. The van der Waals surface area contributed by atoms with Crippen LogP contribution in [-0.4, -0.2) is 59.1 Å². The lowest BCUT2D eigenvalue weighted by atomic mass is 10.0. The SMILES string of the molecule is CC(CN1CC2CCCN2CC1C)C(N)=NO. The van der Waals surface area contributed by atoms with E-state index in [2.05, 4.69) is 21.9 Å². The minimum absolute atomic E-state index is 0.121. The Morgan fingerprint density at radius 3 is 3.00 bits per heavy atom. The lowest BCUT2D eigenvalue weighted by Gasteiger charge is -2.43. The molecule has 0 aliphatic carbocycles. The molecule has 0 amide bonds. The number of oxime groups is 1. The normalized spacial score (nSPS) is 33.6. The van der Waals surface area contributed by atoms with Gasteiger partial charge in [-0.25, -0.2) is 0 Å². The van der Waals surface area contributed by atoms with E-state index in [0.29, 0.717) is 11.9 Å². The predicted octanol–water partition coefficient (Wildman–Crippen LogP) is 0.537. The fourth-order valence-electron chi connectivity index (χ4n) is 3.05. The van der Waals surface area contributed by atoms with Crippen molar-refractivity contribution in [2.45, 2.75) is 38.8 Å². The minimum atomic E-state index is 0.121. The van der Waals surface area contributed by atoms with Crippen molar-refractivity contribution in [3.63, 3.8) is 0 Å². The van der Waals surface area contributed by atoms with E-state index in [-0.39, 0.29) is 5.92 Å². The van der Waals surface area contributed by atoms with E-state index in [1.807, 2.05) is 6.92 Å². The van der Waals surface area contributed by atoms with Gasteiger partial charge in [-0.15, -0.1) is 0 Å². The summed E-state index contributed by atoms with van der Waals surface area (Å²) >= 11 is 0. The summed E-state index contributed by atoms with van der Waals surface area (Å²) in [5.41, 5.74) is 5.65. The highest BCUT2D eigenvalue weighted by Gasteiger charge is 2.34. The highest BCUT2D eigenvalue weighted by Crippen LogP contribution is 2.24. The van der Waals surface area contributed by atoms with Gasteiger partial charge in [-0.2, -0.15) is 0 Å². The van der Waals surface area contributed by atoms with Gasteiger partial charge in [-0.05, 0) is 26.3 Å². The van der Waals surface area contributed by atoms with Crippen LogP contribution < -0.4 is 5.73 Å². The van der Waals surface area contributed by atoms with Gasteiger partial charge in [-0.3, -0.25) is 9.80 Å². The van der Waals surface area contributed by atoms with E-state index in [9.17, 15) is 0 Å². The van der Waals surface area contributed by atoms with Gasteiger partial charge in [-0.1, -0.05) is 12.1 Å². The summed E-state index contributed by atoms with van der Waals surface area (Å²) in [5.74, 6) is 0.460. The average Bonchev–Trinajstić information content (AvgIpc) is 2.75. The molecule has 0 bridgehead atoms. The number of nitrogens with two attached hydrogens (primary N) is 1. The number of hydrogen-bond acceptors (Lipinski definition) is 4. The molecule has 2 rings (SSSR count). The third-order valence-corrected chi connectivity index (χ3v) is 4.20. The average molecular weight is 240 g/mol. The van der Waals surface area contributed by atoms with Crippen LogP contribution in [0.15, 0.2) is 5.16 Å². The molecule has 0 saturated carbocycles. The molecule has 3 unspecified atom stereocenters. The van der Waals surface area contributed by atoms with Crippen LogP contribution in [0.25, 0.3) is 0 Å². The molecular weight excluding hydrogens is 216 g/mol. The Hall–Kier alpha value is -0.810. The van der Waals surface area contributed by atoms with Crippen molar-refractivity contribution in [2.75, 3.05) is 26.2 Å². The van der Waals surface area contributed by atoms with Gasteiger partial charge in [0.2, 0.25) is 0 Å². The monoisotopic (exact) mass is 240 g/mol. The first-order chi connectivity index (χ1) is 8.11. The highest BCUT2D eigenvalue weighted by atomic mass is 16.4.